The van der Waals surface area contributed by atoms with Crippen LogP contribution < -0.4 is 10.5 Å². The minimum Gasteiger partial charge on any atom is -0.262 e. The Morgan fingerprint density at radius 1 is 1.26 bits per heavy atom. The molecule has 2 aliphatic rings. The summed E-state index contributed by atoms with van der Waals surface area (Å²) in [5, 5.41) is 5.54. The van der Waals surface area contributed by atoms with E-state index in [-0.39, 0.29) is 6.42 Å². The van der Waals surface area contributed by atoms with Crippen LogP contribution in [0.4, 0.5) is 18.9 Å². The van der Waals surface area contributed by atoms with Gasteiger partial charge in [-0.25, -0.2) is 10.5 Å². The molecule has 1 aromatic heterocycles. The number of hydrogen-bond acceptors (Lipinski definition) is 4. The molecule has 0 bridgehead atoms. The van der Waals surface area contributed by atoms with Gasteiger partial charge in [-0.15, -0.1) is 0 Å². The van der Waals surface area contributed by atoms with Crippen molar-refractivity contribution in [2.24, 2.45) is 5.10 Å². The molecule has 1 aromatic rings. The largest absolute Gasteiger partial charge is 0.413 e. The lowest BCUT2D eigenvalue weighted by Gasteiger charge is -2.21. The van der Waals surface area contributed by atoms with Gasteiger partial charge < -0.3 is 0 Å². The number of hydrogen-bond donors (Lipinski definition) is 1. The molecule has 1 aliphatic carbocycles. The Morgan fingerprint density at radius 2 is 2.11 bits per heavy atom. The number of aromatic nitrogens is 1. The third-order valence-electron chi connectivity index (χ3n) is 2.89. The SMILES string of the molecule is FC(F)(F)C1=CC=C2C(=NNN2c2cccnc2)C1. The van der Waals surface area contributed by atoms with E-state index in [1.807, 2.05) is 0 Å². The molecule has 2 heterocycles. The molecule has 0 aromatic carbocycles. The number of hydrazine groups is 1. The molecule has 0 saturated carbocycles. The van der Waals surface area contributed by atoms with E-state index in [1.54, 1.807) is 29.5 Å². The van der Waals surface area contributed by atoms with Crippen LogP contribution >= 0.6 is 0 Å². The summed E-state index contributed by atoms with van der Waals surface area (Å²) in [4.78, 5) is 3.97. The van der Waals surface area contributed by atoms with Crippen LogP contribution in [0, 0.1) is 0 Å². The van der Waals surface area contributed by atoms with Crippen molar-refractivity contribution in [3.05, 3.63) is 47.9 Å². The van der Waals surface area contributed by atoms with Gasteiger partial charge in [0.25, 0.3) is 0 Å². The van der Waals surface area contributed by atoms with Gasteiger partial charge in [0.2, 0.25) is 0 Å². The fourth-order valence-corrected chi connectivity index (χ4v) is 1.95. The molecule has 1 aliphatic heterocycles. The molecule has 19 heavy (non-hydrogen) atoms. The summed E-state index contributed by atoms with van der Waals surface area (Å²) in [6, 6.07) is 3.54. The minimum atomic E-state index is -4.31. The van der Waals surface area contributed by atoms with Crippen LogP contribution in [-0.2, 0) is 0 Å². The van der Waals surface area contributed by atoms with Crippen molar-refractivity contribution in [1.29, 1.82) is 0 Å². The highest BCUT2D eigenvalue weighted by Crippen LogP contribution is 2.34. The lowest BCUT2D eigenvalue weighted by molar-refractivity contribution is -0.0925. The average Bonchev–Trinajstić information content (AvgIpc) is 2.81. The van der Waals surface area contributed by atoms with Gasteiger partial charge in [-0.1, -0.05) is 6.08 Å². The molecule has 1 N–H and O–H groups in total. The van der Waals surface area contributed by atoms with E-state index in [4.69, 9.17) is 0 Å². The number of halogens is 3. The topological polar surface area (TPSA) is 40.5 Å². The molecule has 0 fully saturated rings. The molecule has 4 nitrogen and oxygen atoms in total. The lowest BCUT2D eigenvalue weighted by atomic mass is 10.00. The quantitative estimate of drug-likeness (QED) is 0.849. The molecule has 0 saturated heterocycles. The van der Waals surface area contributed by atoms with Crippen molar-refractivity contribution >= 4 is 11.4 Å². The number of nitrogens with zero attached hydrogens (tertiary/aromatic N) is 3. The predicted octanol–water partition coefficient (Wildman–Crippen LogP) is 2.54. The van der Waals surface area contributed by atoms with E-state index in [0.29, 0.717) is 11.4 Å². The Labute approximate surface area is 106 Å². The van der Waals surface area contributed by atoms with E-state index < -0.39 is 11.7 Å². The van der Waals surface area contributed by atoms with Gasteiger partial charge in [0, 0.05) is 18.2 Å². The summed E-state index contributed by atoms with van der Waals surface area (Å²) >= 11 is 0. The number of rotatable bonds is 1. The zero-order chi connectivity index (χ0) is 13.5. The van der Waals surface area contributed by atoms with E-state index in [1.165, 1.54) is 6.08 Å². The third kappa shape index (κ3) is 2.07. The maximum Gasteiger partial charge on any atom is 0.413 e. The number of fused-ring (bicyclic) bond motifs is 1. The number of alkyl halides is 3. The first kappa shape index (κ1) is 11.8. The summed E-state index contributed by atoms with van der Waals surface area (Å²) in [5.41, 5.74) is 3.81. The normalized spacial score (nSPS) is 18.3. The van der Waals surface area contributed by atoms with Crippen LogP contribution in [0.15, 0.2) is 53.1 Å². The summed E-state index contributed by atoms with van der Waals surface area (Å²) in [5.74, 6) is 0. The third-order valence-corrected chi connectivity index (χ3v) is 2.89. The second kappa shape index (κ2) is 4.11. The average molecular weight is 266 g/mol. The maximum atomic E-state index is 12.6. The van der Waals surface area contributed by atoms with Gasteiger partial charge >= 0.3 is 6.18 Å². The van der Waals surface area contributed by atoms with Gasteiger partial charge in [-0.05, 0) is 18.2 Å². The zero-order valence-corrected chi connectivity index (χ0v) is 9.65. The summed E-state index contributed by atoms with van der Waals surface area (Å²) in [6.45, 7) is 0. The van der Waals surface area contributed by atoms with Crippen molar-refractivity contribution in [3.8, 4) is 0 Å². The van der Waals surface area contributed by atoms with E-state index in [0.717, 1.165) is 11.8 Å². The predicted molar refractivity (Wildman–Crippen MR) is 64.1 cm³/mol. The van der Waals surface area contributed by atoms with Crippen LogP contribution in [0.2, 0.25) is 0 Å². The number of allylic oxidation sites excluding steroid dienone is 4. The molecule has 0 radical (unpaired) electrons. The molecule has 0 amide bonds. The van der Waals surface area contributed by atoms with E-state index >= 15 is 0 Å². The van der Waals surface area contributed by atoms with Crippen LogP contribution in [0.25, 0.3) is 0 Å². The first-order valence-electron chi connectivity index (χ1n) is 5.56. The molecule has 0 spiro atoms. The maximum absolute atomic E-state index is 12.6. The molecule has 0 unspecified atom stereocenters. The van der Waals surface area contributed by atoms with Crippen molar-refractivity contribution in [2.75, 3.05) is 5.01 Å². The standard InChI is InChI=1S/C12H9F3N4/c13-12(14,15)8-3-4-11-10(6-8)17-18-19(11)9-2-1-5-16-7-9/h1-5,7,18H,6H2. The first-order chi connectivity index (χ1) is 9.05. The summed E-state index contributed by atoms with van der Waals surface area (Å²) in [7, 11) is 0. The van der Waals surface area contributed by atoms with Gasteiger partial charge in [0.1, 0.15) is 0 Å². The van der Waals surface area contributed by atoms with Gasteiger partial charge in [-0.3, -0.25) is 4.98 Å². The van der Waals surface area contributed by atoms with E-state index in [2.05, 4.69) is 15.6 Å². The van der Waals surface area contributed by atoms with Crippen molar-refractivity contribution < 1.29 is 13.2 Å². The van der Waals surface area contributed by atoms with Crippen LogP contribution in [0.5, 0.6) is 0 Å². The van der Waals surface area contributed by atoms with Crippen LogP contribution in [0.3, 0.4) is 0 Å². The highest BCUT2D eigenvalue weighted by molar-refractivity contribution is 6.07. The first-order valence-corrected chi connectivity index (χ1v) is 5.56. The Kier molecular flexibility index (Phi) is 2.55. The van der Waals surface area contributed by atoms with Gasteiger partial charge in [0.15, 0.2) is 0 Å². The number of anilines is 1. The zero-order valence-electron chi connectivity index (χ0n) is 9.65. The smallest absolute Gasteiger partial charge is 0.262 e. The fraction of sp³-hybridized carbons (Fsp3) is 0.167. The molecular formula is C12H9F3N4. The second-order valence-corrected chi connectivity index (χ2v) is 4.12. The van der Waals surface area contributed by atoms with Crippen molar-refractivity contribution in [3.63, 3.8) is 0 Å². The Hall–Kier alpha value is -2.31. The van der Waals surface area contributed by atoms with E-state index in [9.17, 15) is 13.2 Å². The number of hydrazone groups is 1. The highest BCUT2D eigenvalue weighted by Gasteiger charge is 2.38. The molecule has 3 rings (SSSR count). The lowest BCUT2D eigenvalue weighted by Crippen LogP contribution is -2.30. The highest BCUT2D eigenvalue weighted by atomic mass is 19.4. The Bertz CT molecular complexity index is 587. The Morgan fingerprint density at radius 3 is 2.79 bits per heavy atom. The number of nitrogens with one attached hydrogen (secondary N) is 1. The number of pyridine rings is 1. The van der Waals surface area contributed by atoms with Gasteiger partial charge in [-0.2, -0.15) is 18.3 Å². The Balaban J connectivity index is 1.93. The summed E-state index contributed by atoms with van der Waals surface area (Å²) < 4.78 is 37.9. The molecule has 0 atom stereocenters. The van der Waals surface area contributed by atoms with Crippen LogP contribution in [0.1, 0.15) is 6.42 Å². The molecule has 7 heteroatoms. The minimum absolute atomic E-state index is 0.223. The van der Waals surface area contributed by atoms with Crippen molar-refractivity contribution in [2.45, 2.75) is 12.6 Å². The van der Waals surface area contributed by atoms with Crippen LogP contribution in [-0.4, -0.2) is 16.9 Å². The molecule has 98 valence electrons. The monoisotopic (exact) mass is 266 g/mol. The second-order valence-electron chi connectivity index (χ2n) is 4.12. The van der Waals surface area contributed by atoms with Crippen molar-refractivity contribution in [1.82, 2.24) is 10.5 Å². The molecular weight excluding hydrogens is 257 g/mol. The van der Waals surface area contributed by atoms with Gasteiger partial charge in [0.05, 0.1) is 23.3 Å². The summed E-state index contributed by atoms with van der Waals surface area (Å²) in [6.07, 6.45) is 1.20. The fourth-order valence-electron chi connectivity index (χ4n) is 1.95.